The normalized spacial score (nSPS) is 11.4. The Kier molecular flexibility index (Phi) is 9.14. The van der Waals surface area contributed by atoms with Crippen molar-refractivity contribution < 1.29 is 9.47 Å². The van der Waals surface area contributed by atoms with E-state index in [1.54, 1.807) is 0 Å². The summed E-state index contributed by atoms with van der Waals surface area (Å²) in [5.41, 5.74) is 6.34. The molecule has 0 unspecified atom stereocenters. The second kappa shape index (κ2) is 10.7. The summed E-state index contributed by atoms with van der Waals surface area (Å²) in [6.07, 6.45) is 1.89. The van der Waals surface area contributed by atoms with Gasteiger partial charge in [0.15, 0.2) is 0 Å². The first kappa shape index (κ1) is 17.0. The molecule has 1 rings (SSSR count). The first-order valence-corrected chi connectivity index (χ1v) is 7.27. The molecule has 20 heavy (non-hydrogen) atoms. The minimum Gasteiger partial charge on any atom is -0.380 e. The Bertz CT molecular complexity index is 335. The van der Waals surface area contributed by atoms with Crippen molar-refractivity contribution in [2.24, 2.45) is 5.73 Å². The highest BCUT2D eigenvalue weighted by atomic mass is 16.5. The molecule has 0 spiro atoms. The van der Waals surface area contributed by atoms with E-state index >= 15 is 0 Å². The number of hydrogen-bond donors (Lipinski definition) is 1. The van der Waals surface area contributed by atoms with Crippen LogP contribution in [0, 0.1) is 0 Å². The van der Waals surface area contributed by atoms with Crippen LogP contribution in [-0.4, -0.2) is 66.0 Å². The van der Waals surface area contributed by atoms with Gasteiger partial charge in [0.25, 0.3) is 0 Å². The summed E-state index contributed by atoms with van der Waals surface area (Å²) in [5, 5.41) is 8.03. The van der Waals surface area contributed by atoms with Crippen LogP contribution in [0.5, 0.6) is 0 Å². The average molecular weight is 285 g/mol. The molecular formula is C13H27N5O2. The maximum atomic E-state index is 5.52. The maximum absolute atomic E-state index is 5.52. The van der Waals surface area contributed by atoms with Crippen molar-refractivity contribution >= 4 is 0 Å². The molecule has 116 valence electrons. The van der Waals surface area contributed by atoms with Crippen LogP contribution in [0.2, 0.25) is 0 Å². The molecule has 2 N–H and O–H groups in total. The average Bonchev–Trinajstić information content (AvgIpc) is 2.92. The summed E-state index contributed by atoms with van der Waals surface area (Å²) in [7, 11) is 0. The highest BCUT2D eigenvalue weighted by Gasteiger charge is 2.06. The van der Waals surface area contributed by atoms with Gasteiger partial charge in [0, 0.05) is 45.6 Å². The Hall–Kier alpha value is -1.02. The van der Waals surface area contributed by atoms with Crippen molar-refractivity contribution in [3.8, 4) is 0 Å². The Morgan fingerprint density at radius 1 is 1.15 bits per heavy atom. The predicted octanol–water partition coefficient (Wildman–Crippen LogP) is 0.112. The van der Waals surface area contributed by atoms with Gasteiger partial charge < -0.3 is 15.2 Å². The van der Waals surface area contributed by atoms with Crippen LogP contribution >= 0.6 is 0 Å². The van der Waals surface area contributed by atoms with Gasteiger partial charge in [-0.25, -0.2) is 0 Å². The van der Waals surface area contributed by atoms with Crippen LogP contribution in [0.1, 0.15) is 19.5 Å². The lowest BCUT2D eigenvalue weighted by molar-refractivity contribution is 0.0808. The van der Waals surface area contributed by atoms with Crippen LogP contribution in [0.3, 0.4) is 0 Å². The zero-order valence-electron chi connectivity index (χ0n) is 12.6. The van der Waals surface area contributed by atoms with Crippen molar-refractivity contribution in [1.29, 1.82) is 0 Å². The van der Waals surface area contributed by atoms with Gasteiger partial charge in [-0.15, -0.1) is 5.10 Å². The van der Waals surface area contributed by atoms with Crippen LogP contribution < -0.4 is 5.73 Å². The molecule has 0 bridgehead atoms. The minimum atomic E-state index is 0.429. The van der Waals surface area contributed by atoms with E-state index < -0.39 is 0 Å². The lowest BCUT2D eigenvalue weighted by Crippen LogP contribution is -2.34. The Labute approximate surface area is 121 Å². The summed E-state index contributed by atoms with van der Waals surface area (Å²) < 4.78 is 12.7. The van der Waals surface area contributed by atoms with Crippen LogP contribution in [-0.2, 0) is 22.6 Å². The zero-order valence-corrected chi connectivity index (χ0v) is 12.6. The van der Waals surface area contributed by atoms with E-state index in [2.05, 4.69) is 15.2 Å². The highest BCUT2D eigenvalue weighted by molar-refractivity contribution is 4.90. The molecule has 0 saturated heterocycles. The van der Waals surface area contributed by atoms with E-state index in [4.69, 9.17) is 15.2 Å². The molecule has 0 aliphatic carbocycles. The molecule has 7 nitrogen and oxygen atoms in total. The lowest BCUT2D eigenvalue weighted by Gasteiger charge is -2.21. The van der Waals surface area contributed by atoms with E-state index in [1.807, 2.05) is 24.7 Å². The maximum Gasteiger partial charge on any atom is 0.0962 e. The van der Waals surface area contributed by atoms with Gasteiger partial charge in [-0.05, 0) is 13.8 Å². The summed E-state index contributed by atoms with van der Waals surface area (Å²) in [6.45, 7) is 10.9. The van der Waals surface area contributed by atoms with Gasteiger partial charge in [0.2, 0.25) is 0 Å². The second-order valence-electron chi connectivity index (χ2n) is 4.41. The fourth-order valence-electron chi connectivity index (χ4n) is 1.80. The Balaban J connectivity index is 2.33. The third-order valence-corrected chi connectivity index (χ3v) is 2.95. The smallest absolute Gasteiger partial charge is 0.0962 e. The van der Waals surface area contributed by atoms with E-state index in [1.165, 1.54) is 0 Å². The topological polar surface area (TPSA) is 78.4 Å². The zero-order chi connectivity index (χ0) is 14.6. The van der Waals surface area contributed by atoms with E-state index in [0.717, 1.165) is 58.3 Å². The van der Waals surface area contributed by atoms with Gasteiger partial charge in [-0.3, -0.25) is 9.58 Å². The summed E-state index contributed by atoms with van der Waals surface area (Å²) in [4.78, 5) is 2.31. The molecule has 0 saturated carbocycles. The van der Waals surface area contributed by atoms with E-state index in [-0.39, 0.29) is 0 Å². The predicted molar refractivity (Wildman–Crippen MR) is 77.3 cm³/mol. The molecule has 7 heteroatoms. The monoisotopic (exact) mass is 285 g/mol. The molecule has 1 heterocycles. The molecule has 0 aromatic carbocycles. The highest BCUT2D eigenvalue weighted by Crippen LogP contribution is 1.95. The minimum absolute atomic E-state index is 0.429. The number of ether oxygens (including phenoxy) is 2. The quantitative estimate of drug-likeness (QED) is 0.549. The van der Waals surface area contributed by atoms with Crippen LogP contribution in [0.15, 0.2) is 6.20 Å². The number of nitrogens with zero attached hydrogens (tertiary/aromatic N) is 4. The van der Waals surface area contributed by atoms with Crippen molar-refractivity contribution in [1.82, 2.24) is 19.9 Å². The van der Waals surface area contributed by atoms with Crippen LogP contribution in [0.4, 0.5) is 0 Å². The number of aromatic nitrogens is 3. The SMILES string of the molecule is CCOCCN(CCOCC)CCn1cc(CN)nn1. The van der Waals surface area contributed by atoms with Gasteiger partial charge >= 0.3 is 0 Å². The first-order chi connectivity index (χ1) is 9.80. The molecule has 1 aromatic heterocycles. The molecule has 0 aliphatic heterocycles. The molecule has 0 amide bonds. The van der Waals surface area contributed by atoms with Crippen molar-refractivity contribution in [3.05, 3.63) is 11.9 Å². The van der Waals surface area contributed by atoms with Gasteiger partial charge in [-0.2, -0.15) is 0 Å². The largest absolute Gasteiger partial charge is 0.380 e. The fraction of sp³-hybridized carbons (Fsp3) is 0.846. The fourth-order valence-corrected chi connectivity index (χ4v) is 1.80. The summed E-state index contributed by atoms with van der Waals surface area (Å²) >= 11 is 0. The Morgan fingerprint density at radius 3 is 2.30 bits per heavy atom. The van der Waals surface area contributed by atoms with Crippen LogP contribution in [0.25, 0.3) is 0 Å². The molecular weight excluding hydrogens is 258 g/mol. The first-order valence-electron chi connectivity index (χ1n) is 7.27. The van der Waals surface area contributed by atoms with Gasteiger partial charge in [0.05, 0.1) is 25.5 Å². The standard InChI is InChI=1S/C13H27N5O2/c1-3-19-9-7-17(8-10-20-4-2)5-6-18-12-13(11-14)15-16-18/h12H,3-11,14H2,1-2H3. The van der Waals surface area contributed by atoms with E-state index in [9.17, 15) is 0 Å². The third-order valence-electron chi connectivity index (χ3n) is 2.95. The molecule has 0 aliphatic rings. The van der Waals surface area contributed by atoms with Crippen molar-refractivity contribution in [2.45, 2.75) is 26.9 Å². The molecule has 0 fully saturated rings. The molecule has 0 atom stereocenters. The number of rotatable bonds is 12. The second-order valence-corrected chi connectivity index (χ2v) is 4.41. The third kappa shape index (κ3) is 6.95. The van der Waals surface area contributed by atoms with Crippen molar-refractivity contribution in [3.63, 3.8) is 0 Å². The summed E-state index contributed by atoms with van der Waals surface area (Å²) in [5.74, 6) is 0. The van der Waals surface area contributed by atoms with E-state index in [0.29, 0.717) is 6.54 Å². The number of nitrogens with two attached hydrogens (primary N) is 1. The van der Waals surface area contributed by atoms with Gasteiger partial charge in [-0.1, -0.05) is 5.21 Å². The number of hydrogen-bond acceptors (Lipinski definition) is 6. The van der Waals surface area contributed by atoms with Gasteiger partial charge in [0.1, 0.15) is 0 Å². The molecule has 1 aromatic rings. The van der Waals surface area contributed by atoms with Crippen molar-refractivity contribution in [2.75, 3.05) is 46.1 Å². The lowest BCUT2D eigenvalue weighted by atomic mass is 10.4. The Morgan fingerprint density at radius 2 is 1.80 bits per heavy atom. The molecule has 0 radical (unpaired) electrons. The summed E-state index contributed by atoms with van der Waals surface area (Å²) in [6, 6.07) is 0.